The van der Waals surface area contributed by atoms with Crippen molar-refractivity contribution in [2.75, 3.05) is 0 Å². The molecule has 0 aliphatic carbocycles. The lowest BCUT2D eigenvalue weighted by Gasteiger charge is -2.07. The van der Waals surface area contributed by atoms with Crippen molar-refractivity contribution in [3.63, 3.8) is 0 Å². The maximum absolute atomic E-state index is 12.6. The van der Waals surface area contributed by atoms with Crippen molar-refractivity contribution in [1.29, 1.82) is 5.26 Å². The Bertz CT molecular complexity index is 1470. The van der Waals surface area contributed by atoms with Gasteiger partial charge in [0.25, 0.3) is 5.56 Å². The Morgan fingerprint density at radius 2 is 2.06 bits per heavy atom. The summed E-state index contributed by atoms with van der Waals surface area (Å²) in [4.78, 5) is 30.1. The number of ether oxygens (including phenoxy) is 1. The largest absolute Gasteiger partial charge is 0.455 e. The van der Waals surface area contributed by atoms with E-state index < -0.39 is 5.97 Å². The Morgan fingerprint density at radius 1 is 1.28 bits per heavy atom. The lowest BCUT2D eigenvalue weighted by Crippen LogP contribution is -2.15. The first-order chi connectivity index (χ1) is 15.4. The van der Waals surface area contributed by atoms with Crippen LogP contribution < -0.4 is 5.56 Å². The van der Waals surface area contributed by atoms with Crippen LogP contribution in [-0.2, 0) is 22.7 Å². The van der Waals surface area contributed by atoms with Crippen molar-refractivity contribution >= 4 is 38.6 Å². The quantitative estimate of drug-likeness (QED) is 0.249. The van der Waals surface area contributed by atoms with Crippen molar-refractivity contribution in [3.8, 4) is 6.07 Å². The molecule has 7 nitrogen and oxygen atoms in total. The van der Waals surface area contributed by atoms with E-state index in [9.17, 15) is 14.9 Å². The summed E-state index contributed by atoms with van der Waals surface area (Å²) >= 11 is 1.39. The Morgan fingerprint density at radius 3 is 2.81 bits per heavy atom. The molecular formula is C24H22N4O3S. The zero-order valence-electron chi connectivity index (χ0n) is 18.1. The molecule has 0 N–H and O–H groups in total. The number of carbonyl (C=O) groups excluding carboxylic acids is 1. The third kappa shape index (κ3) is 3.95. The maximum Gasteiger partial charge on any atom is 0.349 e. The first-order valence-electron chi connectivity index (χ1n) is 10.3. The van der Waals surface area contributed by atoms with Crippen LogP contribution in [0.4, 0.5) is 0 Å². The molecule has 3 heterocycles. The average Bonchev–Trinajstić information content (AvgIpc) is 3.28. The molecule has 0 aliphatic heterocycles. The lowest BCUT2D eigenvalue weighted by atomic mass is 10.1. The van der Waals surface area contributed by atoms with Crippen LogP contribution in [0.15, 0.2) is 46.8 Å². The molecule has 0 radical (unpaired) electrons. The van der Waals surface area contributed by atoms with Gasteiger partial charge < -0.3 is 9.30 Å². The summed E-state index contributed by atoms with van der Waals surface area (Å²) in [5.41, 5.74) is 3.68. The predicted molar refractivity (Wildman–Crippen MR) is 124 cm³/mol. The number of thiazole rings is 1. The van der Waals surface area contributed by atoms with Crippen LogP contribution in [0.2, 0.25) is 0 Å². The molecule has 0 aliphatic rings. The number of aryl methyl sites for hydroxylation is 1. The van der Waals surface area contributed by atoms with Crippen LogP contribution in [0.1, 0.15) is 36.0 Å². The molecule has 32 heavy (non-hydrogen) atoms. The van der Waals surface area contributed by atoms with Crippen molar-refractivity contribution in [2.24, 2.45) is 0 Å². The van der Waals surface area contributed by atoms with Gasteiger partial charge in [-0.15, -0.1) is 0 Å². The van der Waals surface area contributed by atoms with Gasteiger partial charge in [-0.25, -0.2) is 9.78 Å². The molecule has 0 fully saturated rings. The molecule has 0 bridgehead atoms. The smallest absolute Gasteiger partial charge is 0.349 e. The second-order valence-electron chi connectivity index (χ2n) is 7.50. The fourth-order valence-corrected chi connectivity index (χ4v) is 4.80. The van der Waals surface area contributed by atoms with Crippen LogP contribution in [-0.4, -0.2) is 19.9 Å². The number of hydrogen-bond acceptors (Lipinski definition) is 6. The highest BCUT2D eigenvalue weighted by molar-refractivity contribution is 7.23. The maximum atomic E-state index is 12.6. The number of carbonyl (C=O) groups is 1. The second kappa shape index (κ2) is 8.81. The molecule has 0 saturated heterocycles. The zero-order valence-corrected chi connectivity index (χ0v) is 18.9. The molecule has 8 heteroatoms. The van der Waals surface area contributed by atoms with E-state index in [2.05, 4.69) is 16.5 Å². The third-order valence-electron chi connectivity index (χ3n) is 5.30. The van der Waals surface area contributed by atoms with Gasteiger partial charge in [0.1, 0.15) is 18.2 Å². The van der Waals surface area contributed by atoms with E-state index in [1.165, 1.54) is 21.8 Å². The standard InChI is InChI=1S/C24H22N4O3S/c1-4-9-27-15(2)10-17(16(27)3)11-18(13-25)23(30)31-14-19-12-22(29)28-20-7-5-6-8-21(20)32-24(28)26-19/h5-8,10-12H,4,9,14H2,1-3H3/b18-11+. The summed E-state index contributed by atoms with van der Waals surface area (Å²) in [6.07, 6.45) is 2.54. The number of aromatic nitrogens is 3. The number of hydrogen-bond donors (Lipinski definition) is 0. The number of nitrogens with zero attached hydrogens (tertiary/aromatic N) is 4. The summed E-state index contributed by atoms with van der Waals surface area (Å²) in [7, 11) is 0. The molecule has 3 aromatic heterocycles. The molecule has 0 saturated carbocycles. The number of benzene rings is 1. The molecular weight excluding hydrogens is 424 g/mol. The minimum absolute atomic E-state index is 0.0959. The van der Waals surface area contributed by atoms with Crippen LogP contribution in [0.25, 0.3) is 21.3 Å². The molecule has 4 rings (SSSR count). The molecule has 0 unspecified atom stereocenters. The molecule has 0 spiro atoms. The third-order valence-corrected chi connectivity index (χ3v) is 6.32. The number of rotatable bonds is 6. The summed E-state index contributed by atoms with van der Waals surface area (Å²) < 4.78 is 9.96. The van der Waals surface area contributed by atoms with Crippen LogP contribution in [0.3, 0.4) is 0 Å². The normalized spacial score (nSPS) is 11.8. The Labute approximate surface area is 188 Å². The summed E-state index contributed by atoms with van der Waals surface area (Å²) in [6, 6.07) is 12.8. The van der Waals surface area contributed by atoms with Gasteiger partial charge in [0.2, 0.25) is 0 Å². The Hall–Kier alpha value is -3.70. The second-order valence-corrected chi connectivity index (χ2v) is 8.51. The van der Waals surface area contributed by atoms with E-state index in [0.29, 0.717) is 10.7 Å². The molecule has 0 atom stereocenters. The summed E-state index contributed by atoms with van der Waals surface area (Å²) in [6.45, 7) is 6.75. The van der Waals surface area contributed by atoms with Gasteiger partial charge in [0, 0.05) is 24.0 Å². The summed E-state index contributed by atoms with van der Waals surface area (Å²) in [5.74, 6) is -0.744. The topological polar surface area (TPSA) is 89.4 Å². The fourth-order valence-electron chi connectivity index (χ4n) is 3.75. The molecule has 0 amide bonds. The number of para-hydroxylation sites is 1. The van der Waals surface area contributed by atoms with Gasteiger partial charge in [-0.1, -0.05) is 30.4 Å². The number of nitriles is 1. The first kappa shape index (κ1) is 21.5. The van der Waals surface area contributed by atoms with Crippen LogP contribution in [0, 0.1) is 25.2 Å². The Kier molecular flexibility index (Phi) is 5.93. The van der Waals surface area contributed by atoms with Gasteiger partial charge in [-0.2, -0.15) is 5.26 Å². The van der Waals surface area contributed by atoms with Crippen LogP contribution >= 0.6 is 11.3 Å². The minimum Gasteiger partial charge on any atom is -0.455 e. The monoisotopic (exact) mass is 446 g/mol. The number of fused-ring (bicyclic) bond motifs is 3. The van der Waals surface area contributed by atoms with E-state index in [0.717, 1.165) is 40.1 Å². The van der Waals surface area contributed by atoms with Crippen molar-refractivity contribution in [1.82, 2.24) is 14.0 Å². The van der Waals surface area contributed by atoms with Crippen molar-refractivity contribution in [3.05, 3.63) is 75.0 Å². The number of esters is 1. The SMILES string of the molecule is CCCn1c(C)cc(/C=C(\C#N)C(=O)OCc2cc(=O)n3c(n2)sc2ccccc23)c1C. The van der Waals surface area contributed by atoms with E-state index >= 15 is 0 Å². The highest BCUT2D eigenvalue weighted by Gasteiger charge is 2.16. The van der Waals surface area contributed by atoms with Gasteiger partial charge in [0.05, 0.1) is 15.9 Å². The molecule has 162 valence electrons. The van der Waals surface area contributed by atoms with E-state index in [1.807, 2.05) is 50.2 Å². The van der Waals surface area contributed by atoms with Gasteiger partial charge >= 0.3 is 5.97 Å². The van der Waals surface area contributed by atoms with E-state index in [1.54, 1.807) is 6.08 Å². The van der Waals surface area contributed by atoms with E-state index in [4.69, 9.17) is 4.74 Å². The fraction of sp³-hybridized carbons (Fsp3) is 0.250. The highest BCUT2D eigenvalue weighted by Crippen LogP contribution is 2.24. The zero-order chi connectivity index (χ0) is 22.8. The van der Waals surface area contributed by atoms with Crippen molar-refractivity contribution in [2.45, 2.75) is 40.3 Å². The van der Waals surface area contributed by atoms with Crippen molar-refractivity contribution < 1.29 is 9.53 Å². The highest BCUT2D eigenvalue weighted by atomic mass is 32.1. The van der Waals surface area contributed by atoms with Gasteiger partial charge in [-0.3, -0.25) is 9.20 Å². The minimum atomic E-state index is -0.744. The first-order valence-corrected chi connectivity index (χ1v) is 11.1. The molecule has 4 aromatic rings. The van der Waals surface area contributed by atoms with Crippen LogP contribution in [0.5, 0.6) is 0 Å². The van der Waals surface area contributed by atoms with Gasteiger partial charge in [0.15, 0.2) is 4.96 Å². The predicted octanol–water partition coefficient (Wildman–Crippen LogP) is 4.39. The van der Waals surface area contributed by atoms with Gasteiger partial charge in [-0.05, 0) is 50.1 Å². The molecule has 1 aromatic carbocycles. The lowest BCUT2D eigenvalue weighted by molar-refractivity contribution is -0.139. The van der Waals surface area contributed by atoms with E-state index in [-0.39, 0.29) is 17.7 Å². The Balaban J connectivity index is 1.56. The summed E-state index contributed by atoms with van der Waals surface area (Å²) in [5, 5.41) is 9.50. The average molecular weight is 447 g/mol.